The minimum atomic E-state index is -3.18. The maximum absolute atomic E-state index is 14.8. The number of aromatic nitrogens is 2. The van der Waals surface area contributed by atoms with E-state index in [9.17, 15) is 18.7 Å². The lowest BCUT2D eigenvalue weighted by Gasteiger charge is -2.47. The largest absolute Gasteiger partial charge is 0.465 e. The lowest BCUT2D eigenvalue weighted by atomic mass is 9.94. The molecule has 1 aliphatic carbocycles. The normalized spacial score (nSPS) is 23.4. The average Bonchev–Trinajstić information content (AvgIpc) is 3.32. The van der Waals surface area contributed by atoms with Gasteiger partial charge in [0, 0.05) is 24.5 Å². The van der Waals surface area contributed by atoms with Gasteiger partial charge in [0.25, 0.3) is 5.92 Å². The van der Waals surface area contributed by atoms with E-state index in [1.165, 1.54) is 4.90 Å². The fourth-order valence-corrected chi connectivity index (χ4v) is 3.43. The molecule has 2 fully saturated rings. The Balaban J connectivity index is 1.76. The minimum absolute atomic E-state index is 0.0321. The molecule has 8 heteroatoms. The first-order chi connectivity index (χ1) is 11.6. The highest BCUT2D eigenvalue weighted by molar-refractivity contribution is 5.67. The molecule has 1 saturated carbocycles. The maximum Gasteiger partial charge on any atom is 0.408 e. The van der Waals surface area contributed by atoms with Crippen molar-refractivity contribution in [2.45, 2.75) is 63.5 Å². The highest BCUT2D eigenvalue weighted by atomic mass is 19.3. The number of nitrogens with zero attached hydrogens (tertiary/aromatic N) is 4. The molecule has 1 atom stereocenters. The number of piperidine rings is 1. The van der Waals surface area contributed by atoms with Gasteiger partial charge in [-0.2, -0.15) is 0 Å². The predicted octanol–water partition coefficient (Wildman–Crippen LogP) is 3.35. The van der Waals surface area contributed by atoms with Gasteiger partial charge in [-0.05, 0) is 51.5 Å². The van der Waals surface area contributed by atoms with Gasteiger partial charge in [0.05, 0.1) is 6.54 Å². The smallest absolute Gasteiger partial charge is 0.408 e. The van der Waals surface area contributed by atoms with Crippen molar-refractivity contribution in [3.63, 3.8) is 0 Å². The monoisotopic (exact) mass is 354 g/mol. The fraction of sp³-hybridized carbons (Fsp3) is 0.706. The third kappa shape index (κ3) is 3.67. The summed E-state index contributed by atoms with van der Waals surface area (Å²) in [6.07, 6.45) is 4.39. The second-order valence-corrected chi connectivity index (χ2v) is 7.90. The molecule has 1 N–H and O–H groups in total. The van der Waals surface area contributed by atoms with E-state index in [4.69, 9.17) is 0 Å². The molecule has 1 aliphatic heterocycles. The van der Waals surface area contributed by atoms with E-state index in [1.54, 1.807) is 33.2 Å². The van der Waals surface area contributed by atoms with Crippen LogP contribution in [-0.4, -0.2) is 56.7 Å². The lowest BCUT2D eigenvalue weighted by Crippen LogP contribution is -2.64. The molecule has 6 nitrogen and oxygen atoms in total. The van der Waals surface area contributed by atoms with Gasteiger partial charge in [-0.25, -0.2) is 23.5 Å². The van der Waals surface area contributed by atoms with Crippen molar-refractivity contribution in [2.75, 3.05) is 18.0 Å². The van der Waals surface area contributed by atoms with Crippen LogP contribution in [0.15, 0.2) is 12.4 Å². The van der Waals surface area contributed by atoms with Gasteiger partial charge >= 0.3 is 6.09 Å². The number of halogens is 2. The van der Waals surface area contributed by atoms with Gasteiger partial charge in [-0.15, -0.1) is 0 Å². The molecule has 25 heavy (non-hydrogen) atoms. The van der Waals surface area contributed by atoms with Crippen LogP contribution < -0.4 is 4.90 Å². The standard InChI is InChI=1S/C17H24F2N4O2/c1-16(2,3)23(15(24)25)13-6-7-22(10-17(13,18)19)14-20-8-12(9-21-14)11-4-5-11/h8-9,11,13H,4-7,10H2,1-3H3,(H,24,25). The number of anilines is 1. The maximum atomic E-state index is 14.8. The van der Waals surface area contributed by atoms with Gasteiger partial charge in [-0.3, -0.25) is 4.90 Å². The van der Waals surface area contributed by atoms with Crippen LogP contribution in [0.5, 0.6) is 0 Å². The number of amides is 1. The number of carbonyl (C=O) groups is 1. The molecule has 0 bridgehead atoms. The predicted molar refractivity (Wildman–Crippen MR) is 89.2 cm³/mol. The first kappa shape index (κ1) is 17.8. The molecular weight excluding hydrogens is 330 g/mol. The van der Waals surface area contributed by atoms with E-state index in [-0.39, 0.29) is 12.4 Å². The zero-order valence-corrected chi connectivity index (χ0v) is 14.7. The molecule has 0 aromatic carbocycles. The van der Waals surface area contributed by atoms with Gasteiger partial charge in [0.2, 0.25) is 5.95 Å². The Hall–Kier alpha value is -1.99. The number of alkyl halides is 2. The molecule has 1 aromatic rings. The van der Waals surface area contributed by atoms with Crippen LogP contribution in [0.1, 0.15) is 51.5 Å². The quantitative estimate of drug-likeness (QED) is 0.901. The molecule has 0 radical (unpaired) electrons. The van der Waals surface area contributed by atoms with E-state index >= 15 is 0 Å². The molecule has 1 unspecified atom stereocenters. The summed E-state index contributed by atoms with van der Waals surface area (Å²) in [6, 6.07) is -1.35. The molecular formula is C17H24F2N4O2. The molecule has 138 valence electrons. The molecule has 1 amide bonds. The Morgan fingerprint density at radius 2 is 1.88 bits per heavy atom. The number of hydrogen-bond donors (Lipinski definition) is 1. The second kappa shape index (κ2) is 6.07. The summed E-state index contributed by atoms with van der Waals surface area (Å²) in [7, 11) is 0. The zero-order chi connectivity index (χ0) is 18.4. The Bertz CT molecular complexity index is 641. The third-order valence-electron chi connectivity index (χ3n) is 4.79. The summed E-state index contributed by atoms with van der Waals surface area (Å²) in [5.41, 5.74) is 0.153. The molecule has 1 saturated heterocycles. The molecule has 1 aromatic heterocycles. The van der Waals surface area contributed by atoms with Crippen molar-refractivity contribution in [2.24, 2.45) is 0 Å². The van der Waals surface area contributed by atoms with Crippen molar-refractivity contribution in [3.8, 4) is 0 Å². The molecule has 3 rings (SSSR count). The van der Waals surface area contributed by atoms with Crippen molar-refractivity contribution < 1.29 is 18.7 Å². The Morgan fingerprint density at radius 3 is 2.32 bits per heavy atom. The van der Waals surface area contributed by atoms with E-state index in [1.807, 2.05) is 0 Å². The van der Waals surface area contributed by atoms with Gasteiger partial charge in [-0.1, -0.05) is 0 Å². The topological polar surface area (TPSA) is 69.6 Å². The van der Waals surface area contributed by atoms with Gasteiger partial charge in [0.1, 0.15) is 6.04 Å². The molecule has 2 aliphatic rings. The van der Waals surface area contributed by atoms with Crippen LogP contribution in [-0.2, 0) is 0 Å². The lowest BCUT2D eigenvalue weighted by molar-refractivity contribution is -0.100. The zero-order valence-electron chi connectivity index (χ0n) is 14.7. The average molecular weight is 354 g/mol. The fourth-order valence-electron chi connectivity index (χ4n) is 3.43. The highest BCUT2D eigenvalue weighted by Crippen LogP contribution is 2.40. The van der Waals surface area contributed by atoms with Crippen LogP contribution in [0.3, 0.4) is 0 Å². The van der Waals surface area contributed by atoms with E-state index < -0.39 is 30.1 Å². The van der Waals surface area contributed by atoms with Gasteiger partial charge in [0.15, 0.2) is 0 Å². The number of carboxylic acid groups (broad SMARTS) is 1. The van der Waals surface area contributed by atoms with Crippen molar-refractivity contribution in [1.82, 2.24) is 14.9 Å². The van der Waals surface area contributed by atoms with Gasteiger partial charge < -0.3 is 10.0 Å². The van der Waals surface area contributed by atoms with E-state index in [0.29, 0.717) is 12.5 Å². The minimum Gasteiger partial charge on any atom is -0.465 e. The van der Waals surface area contributed by atoms with Crippen molar-refractivity contribution in [3.05, 3.63) is 18.0 Å². The summed E-state index contributed by atoms with van der Waals surface area (Å²) in [5, 5.41) is 9.42. The second-order valence-electron chi connectivity index (χ2n) is 7.90. The van der Waals surface area contributed by atoms with Crippen molar-refractivity contribution in [1.29, 1.82) is 0 Å². The Labute approximate surface area is 145 Å². The summed E-state index contributed by atoms with van der Waals surface area (Å²) < 4.78 is 29.5. The first-order valence-corrected chi connectivity index (χ1v) is 8.56. The van der Waals surface area contributed by atoms with Crippen LogP contribution >= 0.6 is 0 Å². The van der Waals surface area contributed by atoms with Crippen LogP contribution in [0, 0.1) is 0 Å². The molecule has 0 spiro atoms. The summed E-state index contributed by atoms with van der Waals surface area (Å²) in [6.45, 7) is 4.60. The van der Waals surface area contributed by atoms with Crippen LogP contribution in [0.4, 0.5) is 19.5 Å². The third-order valence-corrected chi connectivity index (χ3v) is 4.79. The van der Waals surface area contributed by atoms with Crippen LogP contribution in [0.2, 0.25) is 0 Å². The molecule has 2 heterocycles. The first-order valence-electron chi connectivity index (χ1n) is 8.56. The highest BCUT2D eigenvalue weighted by Gasteiger charge is 2.52. The summed E-state index contributed by atoms with van der Waals surface area (Å²) in [4.78, 5) is 22.3. The summed E-state index contributed by atoms with van der Waals surface area (Å²) >= 11 is 0. The van der Waals surface area contributed by atoms with E-state index in [2.05, 4.69) is 9.97 Å². The Kier molecular flexibility index (Phi) is 4.33. The van der Waals surface area contributed by atoms with Crippen LogP contribution in [0.25, 0.3) is 0 Å². The van der Waals surface area contributed by atoms with Crippen molar-refractivity contribution >= 4 is 12.0 Å². The number of rotatable bonds is 3. The summed E-state index contributed by atoms with van der Waals surface area (Å²) in [5.74, 6) is -2.39. The Morgan fingerprint density at radius 1 is 1.28 bits per heavy atom. The van der Waals surface area contributed by atoms with E-state index in [0.717, 1.165) is 23.3 Å². The SMILES string of the molecule is CC(C)(C)N(C(=O)O)C1CCN(c2ncc(C3CC3)cn2)CC1(F)F. The number of hydrogen-bond acceptors (Lipinski definition) is 4.